The Labute approximate surface area is 148 Å². The highest BCUT2D eigenvalue weighted by atomic mass is 16.1. The second-order valence-corrected chi connectivity index (χ2v) is 6.78. The molecule has 2 aromatic rings. The largest absolute Gasteiger partial charge is 0.350 e. The molecule has 7 nitrogen and oxygen atoms in total. The van der Waals surface area contributed by atoms with Crippen molar-refractivity contribution in [2.45, 2.75) is 59.2 Å². The fourth-order valence-corrected chi connectivity index (χ4v) is 3.57. The van der Waals surface area contributed by atoms with E-state index in [1.165, 1.54) is 11.3 Å². The number of H-pyrrole nitrogens is 1. The number of nitrogens with one attached hydrogen (secondary N) is 2. The van der Waals surface area contributed by atoms with E-state index in [9.17, 15) is 4.79 Å². The van der Waals surface area contributed by atoms with E-state index in [2.05, 4.69) is 50.7 Å². The number of aromatic nitrogens is 4. The summed E-state index contributed by atoms with van der Waals surface area (Å²) >= 11 is 0. The van der Waals surface area contributed by atoms with Crippen LogP contribution in [0.3, 0.4) is 0 Å². The average Bonchev–Trinajstić information content (AvgIpc) is 2.88. The molecule has 1 aliphatic heterocycles. The van der Waals surface area contributed by atoms with Crippen LogP contribution in [0.1, 0.15) is 43.1 Å². The van der Waals surface area contributed by atoms with E-state index in [4.69, 9.17) is 0 Å². The molecule has 3 heterocycles. The van der Waals surface area contributed by atoms with E-state index in [1.807, 2.05) is 0 Å². The van der Waals surface area contributed by atoms with Gasteiger partial charge in [-0.05, 0) is 33.1 Å². The molecule has 1 saturated heterocycles. The quantitative estimate of drug-likeness (QED) is 0.835. The molecule has 0 bridgehead atoms. The lowest BCUT2D eigenvalue weighted by atomic mass is 10.0. The van der Waals surface area contributed by atoms with Crippen LogP contribution >= 0.6 is 0 Å². The molecule has 2 aromatic heterocycles. The number of piperidine rings is 1. The number of nitrogens with zero attached hydrogens (tertiary/aromatic N) is 4. The van der Waals surface area contributed by atoms with Gasteiger partial charge in [-0.2, -0.15) is 5.10 Å². The highest BCUT2D eigenvalue weighted by Crippen LogP contribution is 2.17. The second kappa shape index (κ2) is 7.82. The Balaban J connectivity index is 1.64. The fourth-order valence-electron chi connectivity index (χ4n) is 3.57. The van der Waals surface area contributed by atoms with Crippen molar-refractivity contribution in [3.05, 3.63) is 39.7 Å². The lowest BCUT2D eigenvalue weighted by molar-refractivity contribution is 0.418. The summed E-state index contributed by atoms with van der Waals surface area (Å²) < 4.78 is 2.10. The monoisotopic (exact) mass is 344 g/mol. The standard InChI is InChI=1S/C18H28N6O/c1-4-9-24-14(3)16(13(2)22-24)11-21-15-6-5-10-23(12-15)17-18(25)20-8-7-19-17/h7-8,15,21H,4-6,9-12H2,1-3H3,(H,20,25)/t15-/m1/s1. The molecule has 0 aliphatic carbocycles. The van der Waals surface area contributed by atoms with Crippen molar-refractivity contribution in [3.63, 3.8) is 0 Å². The van der Waals surface area contributed by atoms with E-state index in [0.717, 1.165) is 51.1 Å². The van der Waals surface area contributed by atoms with Crippen molar-refractivity contribution in [2.24, 2.45) is 0 Å². The van der Waals surface area contributed by atoms with Gasteiger partial charge >= 0.3 is 0 Å². The van der Waals surface area contributed by atoms with Crippen molar-refractivity contribution in [2.75, 3.05) is 18.0 Å². The lowest BCUT2D eigenvalue weighted by Gasteiger charge is -2.33. The first-order valence-electron chi connectivity index (χ1n) is 9.15. The highest BCUT2D eigenvalue weighted by molar-refractivity contribution is 5.36. The van der Waals surface area contributed by atoms with Crippen LogP contribution in [0.5, 0.6) is 0 Å². The Bertz CT molecular complexity index is 765. The zero-order valence-electron chi connectivity index (χ0n) is 15.4. The maximum Gasteiger partial charge on any atom is 0.290 e. The predicted octanol–water partition coefficient (Wildman–Crippen LogP) is 1.75. The Morgan fingerprint density at radius 2 is 2.24 bits per heavy atom. The summed E-state index contributed by atoms with van der Waals surface area (Å²) in [4.78, 5) is 21.0. The summed E-state index contributed by atoms with van der Waals surface area (Å²) in [6, 6.07) is 0.350. The van der Waals surface area contributed by atoms with E-state index in [1.54, 1.807) is 12.4 Å². The maximum atomic E-state index is 12.0. The number of anilines is 1. The van der Waals surface area contributed by atoms with Gasteiger partial charge in [-0.15, -0.1) is 0 Å². The van der Waals surface area contributed by atoms with Gasteiger partial charge in [-0.1, -0.05) is 6.92 Å². The van der Waals surface area contributed by atoms with Crippen LogP contribution in [0.15, 0.2) is 17.2 Å². The van der Waals surface area contributed by atoms with E-state index >= 15 is 0 Å². The van der Waals surface area contributed by atoms with Crippen LogP contribution in [0.2, 0.25) is 0 Å². The van der Waals surface area contributed by atoms with E-state index < -0.39 is 0 Å². The minimum Gasteiger partial charge on any atom is -0.350 e. The molecule has 0 unspecified atom stereocenters. The van der Waals surface area contributed by atoms with E-state index in [0.29, 0.717) is 11.9 Å². The Kier molecular flexibility index (Phi) is 5.53. The zero-order valence-corrected chi connectivity index (χ0v) is 15.4. The fraction of sp³-hybridized carbons (Fsp3) is 0.611. The molecule has 0 saturated carbocycles. The summed E-state index contributed by atoms with van der Waals surface area (Å²) in [5.74, 6) is 0.525. The molecule has 1 atom stereocenters. The van der Waals surface area contributed by atoms with Crippen molar-refractivity contribution in [1.82, 2.24) is 25.1 Å². The molecule has 0 radical (unpaired) electrons. The second-order valence-electron chi connectivity index (χ2n) is 6.78. The average molecular weight is 344 g/mol. The van der Waals surface area contributed by atoms with Crippen molar-refractivity contribution in [3.8, 4) is 0 Å². The predicted molar refractivity (Wildman–Crippen MR) is 98.9 cm³/mol. The Morgan fingerprint density at radius 3 is 3.00 bits per heavy atom. The SMILES string of the molecule is CCCn1nc(C)c(CN[C@@H]2CCCN(c3ncc[nH]c3=O)C2)c1C. The van der Waals surface area contributed by atoms with Gasteiger partial charge in [0, 0.05) is 55.9 Å². The van der Waals surface area contributed by atoms with Crippen LogP contribution in [-0.4, -0.2) is 38.9 Å². The third-order valence-electron chi connectivity index (χ3n) is 4.94. The number of aromatic amines is 1. The molecule has 7 heteroatoms. The van der Waals surface area contributed by atoms with Gasteiger partial charge in [0.05, 0.1) is 5.69 Å². The first-order valence-corrected chi connectivity index (χ1v) is 9.15. The molecule has 1 aliphatic rings. The third-order valence-corrected chi connectivity index (χ3v) is 4.94. The summed E-state index contributed by atoms with van der Waals surface area (Å²) in [6.07, 6.45) is 6.47. The van der Waals surface area contributed by atoms with Crippen LogP contribution in [0, 0.1) is 13.8 Å². The summed E-state index contributed by atoms with van der Waals surface area (Å²) in [6.45, 7) is 9.87. The van der Waals surface area contributed by atoms with Crippen molar-refractivity contribution in [1.29, 1.82) is 0 Å². The summed E-state index contributed by atoms with van der Waals surface area (Å²) in [5.41, 5.74) is 3.53. The maximum absolute atomic E-state index is 12.0. The first-order chi connectivity index (χ1) is 12.1. The third kappa shape index (κ3) is 3.92. The van der Waals surface area contributed by atoms with Crippen molar-refractivity contribution < 1.29 is 0 Å². The van der Waals surface area contributed by atoms with Crippen LogP contribution < -0.4 is 15.8 Å². The number of rotatable bonds is 6. The van der Waals surface area contributed by atoms with Gasteiger partial charge in [0.1, 0.15) is 0 Å². The highest BCUT2D eigenvalue weighted by Gasteiger charge is 2.23. The topological polar surface area (TPSA) is 78.8 Å². The molecule has 0 amide bonds. The van der Waals surface area contributed by atoms with Gasteiger partial charge in [0.25, 0.3) is 5.56 Å². The van der Waals surface area contributed by atoms with Crippen LogP contribution in [0.25, 0.3) is 0 Å². The van der Waals surface area contributed by atoms with Crippen LogP contribution in [-0.2, 0) is 13.1 Å². The smallest absolute Gasteiger partial charge is 0.290 e. The van der Waals surface area contributed by atoms with Gasteiger partial charge in [-0.25, -0.2) is 4.98 Å². The summed E-state index contributed by atoms with van der Waals surface area (Å²) in [5, 5.41) is 8.31. The van der Waals surface area contributed by atoms with Gasteiger partial charge in [0.15, 0.2) is 5.82 Å². The van der Waals surface area contributed by atoms with E-state index in [-0.39, 0.29) is 5.56 Å². The van der Waals surface area contributed by atoms with Gasteiger partial charge in [0.2, 0.25) is 0 Å². The van der Waals surface area contributed by atoms with Gasteiger partial charge < -0.3 is 15.2 Å². The molecule has 25 heavy (non-hydrogen) atoms. The van der Waals surface area contributed by atoms with Gasteiger partial charge in [-0.3, -0.25) is 9.48 Å². The summed E-state index contributed by atoms with van der Waals surface area (Å²) in [7, 11) is 0. The number of aryl methyl sites for hydroxylation is 2. The molecule has 3 rings (SSSR count). The molecule has 0 spiro atoms. The minimum absolute atomic E-state index is 0.115. The Hall–Kier alpha value is -2.15. The minimum atomic E-state index is -0.115. The first kappa shape index (κ1) is 17.7. The molecular weight excluding hydrogens is 316 g/mol. The molecular formula is C18H28N6O. The van der Waals surface area contributed by atoms with Crippen molar-refractivity contribution >= 4 is 5.82 Å². The Morgan fingerprint density at radius 1 is 1.40 bits per heavy atom. The molecule has 0 aromatic carbocycles. The molecule has 136 valence electrons. The number of hydrogen-bond acceptors (Lipinski definition) is 5. The molecule has 1 fully saturated rings. The lowest BCUT2D eigenvalue weighted by Crippen LogP contribution is -2.47. The van der Waals surface area contributed by atoms with Crippen LogP contribution in [0.4, 0.5) is 5.82 Å². The normalized spacial score (nSPS) is 17.9. The molecule has 2 N–H and O–H groups in total. The zero-order chi connectivity index (χ0) is 17.8. The number of hydrogen-bond donors (Lipinski definition) is 2.